The van der Waals surface area contributed by atoms with Crippen molar-refractivity contribution in [3.8, 4) is 0 Å². The normalized spacial score (nSPS) is 10.8. The largest absolute Gasteiger partial charge is 0.478 e. The topological polar surface area (TPSA) is 50.4 Å². The molecule has 0 aliphatic heterocycles. The molecule has 16 heavy (non-hydrogen) atoms. The lowest BCUT2D eigenvalue weighted by atomic mass is 10.1. The van der Waals surface area contributed by atoms with Gasteiger partial charge < -0.3 is 9.52 Å². The van der Waals surface area contributed by atoms with Crippen LogP contribution in [0.1, 0.15) is 21.5 Å². The van der Waals surface area contributed by atoms with E-state index in [0.717, 1.165) is 5.56 Å². The van der Waals surface area contributed by atoms with Crippen LogP contribution < -0.4 is 0 Å². The number of aromatic carboxylic acids is 1. The minimum atomic E-state index is -0.924. The van der Waals surface area contributed by atoms with Crippen molar-refractivity contribution in [2.75, 3.05) is 0 Å². The zero-order valence-electron chi connectivity index (χ0n) is 8.46. The van der Waals surface area contributed by atoms with Gasteiger partial charge in [0.2, 0.25) is 0 Å². The summed E-state index contributed by atoms with van der Waals surface area (Å²) in [7, 11) is 0. The molecule has 2 rings (SSSR count). The van der Waals surface area contributed by atoms with Gasteiger partial charge in [-0.1, -0.05) is 30.4 Å². The molecule has 0 spiro atoms. The molecule has 0 fully saturated rings. The molecule has 0 unspecified atom stereocenters. The Hall–Kier alpha value is -2.29. The molecule has 0 amide bonds. The number of hydrogen-bond acceptors (Lipinski definition) is 2. The fourth-order valence-corrected chi connectivity index (χ4v) is 1.39. The fourth-order valence-electron chi connectivity index (χ4n) is 1.39. The van der Waals surface area contributed by atoms with E-state index in [9.17, 15) is 4.79 Å². The third kappa shape index (κ3) is 2.20. The maximum absolute atomic E-state index is 10.9. The van der Waals surface area contributed by atoms with Crippen molar-refractivity contribution >= 4 is 18.1 Å². The number of furan rings is 1. The molecule has 0 aliphatic rings. The van der Waals surface area contributed by atoms with E-state index >= 15 is 0 Å². The van der Waals surface area contributed by atoms with Gasteiger partial charge in [0, 0.05) is 5.56 Å². The molecular formula is C13H10O3. The Morgan fingerprint density at radius 1 is 1.19 bits per heavy atom. The third-order valence-electron chi connectivity index (χ3n) is 2.19. The summed E-state index contributed by atoms with van der Waals surface area (Å²) in [5.74, 6) is -0.924. The zero-order chi connectivity index (χ0) is 11.4. The predicted molar refractivity (Wildman–Crippen MR) is 61.0 cm³/mol. The summed E-state index contributed by atoms with van der Waals surface area (Å²) in [6.07, 6.45) is 6.74. The Bertz CT molecular complexity index is 510. The Morgan fingerprint density at radius 2 is 2.00 bits per heavy atom. The lowest BCUT2D eigenvalue weighted by molar-refractivity contribution is 0.0696. The molecule has 1 aromatic carbocycles. The molecule has 3 heteroatoms. The first kappa shape index (κ1) is 10.2. The highest BCUT2D eigenvalue weighted by Crippen LogP contribution is 2.13. The molecule has 0 aliphatic carbocycles. The van der Waals surface area contributed by atoms with E-state index < -0.39 is 5.97 Å². The molecule has 1 N–H and O–H groups in total. The van der Waals surface area contributed by atoms with Gasteiger partial charge in [0.05, 0.1) is 18.1 Å². The van der Waals surface area contributed by atoms with E-state index in [1.165, 1.54) is 0 Å². The smallest absolute Gasteiger partial charge is 0.336 e. The minimum Gasteiger partial charge on any atom is -0.478 e. The van der Waals surface area contributed by atoms with Gasteiger partial charge in [-0.2, -0.15) is 0 Å². The van der Waals surface area contributed by atoms with Crippen LogP contribution in [0, 0.1) is 0 Å². The summed E-state index contributed by atoms with van der Waals surface area (Å²) in [4.78, 5) is 10.9. The van der Waals surface area contributed by atoms with E-state index in [4.69, 9.17) is 9.52 Å². The van der Waals surface area contributed by atoms with Gasteiger partial charge >= 0.3 is 5.97 Å². The molecule has 0 radical (unpaired) electrons. The van der Waals surface area contributed by atoms with Gasteiger partial charge in [-0.15, -0.1) is 0 Å². The van der Waals surface area contributed by atoms with Crippen LogP contribution in [0.15, 0.2) is 47.3 Å². The van der Waals surface area contributed by atoms with Gasteiger partial charge in [0.1, 0.15) is 0 Å². The summed E-state index contributed by atoms with van der Waals surface area (Å²) in [5.41, 5.74) is 1.87. The van der Waals surface area contributed by atoms with E-state index in [1.54, 1.807) is 42.9 Å². The highest BCUT2D eigenvalue weighted by molar-refractivity contribution is 5.93. The molecule has 0 saturated heterocycles. The molecule has 2 aromatic rings. The SMILES string of the molecule is O=C(O)c1ccccc1/C=C\c1ccoc1. The Kier molecular flexibility index (Phi) is 2.87. The van der Waals surface area contributed by atoms with Crippen LogP contribution in [0.25, 0.3) is 12.2 Å². The first-order valence-electron chi connectivity index (χ1n) is 4.80. The van der Waals surface area contributed by atoms with E-state index in [-0.39, 0.29) is 0 Å². The summed E-state index contributed by atoms with van der Waals surface area (Å²) < 4.78 is 4.91. The number of carbonyl (C=O) groups is 1. The van der Waals surface area contributed by atoms with Crippen molar-refractivity contribution in [1.29, 1.82) is 0 Å². The first-order valence-corrected chi connectivity index (χ1v) is 4.80. The monoisotopic (exact) mass is 214 g/mol. The van der Waals surface area contributed by atoms with Crippen LogP contribution in [-0.2, 0) is 0 Å². The molecular weight excluding hydrogens is 204 g/mol. The molecule has 0 saturated carbocycles. The Balaban J connectivity index is 2.31. The predicted octanol–water partition coefficient (Wildman–Crippen LogP) is 3.15. The van der Waals surface area contributed by atoms with Crippen molar-refractivity contribution in [2.24, 2.45) is 0 Å². The quantitative estimate of drug-likeness (QED) is 0.853. The number of hydrogen-bond donors (Lipinski definition) is 1. The molecule has 1 aromatic heterocycles. The highest BCUT2D eigenvalue weighted by atomic mass is 16.4. The second-order valence-electron chi connectivity index (χ2n) is 3.28. The molecule has 80 valence electrons. The summed E-state index contributed by atoms with van der Waals surface area (Å²) in [6, 6.07) is 8.66. The van der Waals surface area contributed by atoms with Crippen molar-refractivity contribution in [1.82, 2.24) is 0 Å². The average molecular weight is 214 g/mol. The Morgan fingerprint density at radius 3 is 2.69 bits per heavy atom. The van der Waals surface area contributed by atoms with Gasteiger partial charge in [0.25, 0.3) is 0 Å². The molecule has 3 nitrogen and oxygen atoms in total. The van der Waals surface area contributed by atoms with Gasteiger partial charge in [-0.25, -0.2) is 4.79 Å². The van der Waals surface area contributed by atoms with Crippen LogP contribution in [0.2, 0.25) is 0 Å². The van der Waals surface area contributed by atoms with E-state index in [2.05, 4.69) is 0 Å². The molecule has 1 heterocycles. The second-order valence-corrected chi connectivity index (χ2v) is 3.28. The van der Waals surface area contributed by atoms with Gasteiger partial charge in [0.15, 0.2) is 0 Å². The van der Waals surface area contributed by atoms with Crippen molar-refractivity contribution in [3.05, 3.63) is 59.5 Å². The number of rotatable bonds is 3. The summed E-state index contributed by atoms with van der Waals surface area (Å²) >= 11 is 0. The fraction of sp³-hybridized carbons (Fsp3) is 0. The van der Waals surface area contributed by atoms with Crippen LogP contribution in [0.5, 0.6) is 0 Å². The number of benzene rings is 1. The maximum atomic E-state index is 10.9. The maximum Gasteiger partial charge on any atom is 0.336 e. The summed E-state index contributed by atoms with van der Waals surface area (Å²) in [5, 5.41) is 8.97. The third-order valence-corrected chi connectivity index (χ3v) is 2.19. The number of carboxylic acid groups (broad SMARTS) is 1. The second kappa shape index (κ2) is 4.49. The van der Waals surface area contributed by atoms with Crippen LogP contribution >= 0.6 is 0 Å². The van der Waals surface area contributed by atoms with Gasteiger partial charge in [-0.05, 0) is 17.7 Å². The van der Waals surface area contributed by atoms with Crippen LogP contribution in [-0.4, -0.2) is 11.1 Å². The van der Waals surface area contributed by atoms with Crippen molar-refractivity contribution in [2.45, 2.75) is 0 Å². The number of carboxylic acids is 1. The van der Waals surface area contributed by atoms with Crippen molar-refractivity contribution in [3.63, 3.8) is 0 Å². The summed E-state index contributed by atoms with van der Waals surface area (Å²) in [6.45, 7) is 0. The zero-order valence-corrected chi connectivity index (χ0v) is 8.46. The Labute approximate surface area is 92.6 Å². The standard InChI is InChI=1S/C13H10O3/c14-13(15)12-4-2-1-3-11(12)6-5-10-7-8-16-9-10/h1-9H,(H,14,15)/b6-5-. The lowest BCUT2D eigenvalue weighted by Crippen LogP contribution is -1.98. The lowest BCUT2D eigenvalue weighted by Gasteiger charge is -1.99. The molecule has 0 bridgehead atoms. The van der Waals surface area contributed by atoms with Crippen molar-refractivity contribution < 1.29 is 14.3 Å². The highest BCUT2D eigenvalue weighted by Gasteiger charge is 2.05. The van der Waals surface area contributed by atoms with Crippen LogP contribution in [0.3, 0.4) is 0 Å². The molecule has 0 atom stereocenters. The minimum absolute atomic E-state index is 0.294. The van der Waals surface area contributed by atoms with Gasteiger partial charge in [-0.3, -0.25) is 0 Å². The van der Waals surface area contributed by atoms with Crippen LogP contribution in [0.4, 0.5) is 0 Å². The van der Waals surface area contributed by atoms with E-state index in [1.807, 2.05) is 12.1 Å². The first-order chi connectivity index (χ1) is 7.77. The van der Waals surface area contributed by atoms with E-state index in [0.29, 0.717) is 11.1 Å². The average Bonchev–Trinajstić information content (AvgIpc) is 2.79.